The molecule has 162 valence electrons. The van der Waals surface area contributed by atoms with Gasteiger partial charge in [0, 0.05) is 43.3 Å². The van der Waals surface area contributed by atoms with Crippen LogP contribution in [0, 0.1) is 5.92 Å². The zero-order valence-corrected chi connectivity index (χ0v) is 18.0. The van der Waals surface area contributed by atoms with Crippen molar-refractivity contribution >= 4 is 22.5 Å². The number of nitrogens with one attached hydrogen (secondary N) is 1. The second-order valence-electron chi connectivity index (χ2n) is 8.90. The van der Waals surface area contributed by atoms with Crippen LogP contribution in [0.4, 0.5) is 5.69 Å². The van der Waals surface area contributed by atoms with Crippen LogP contribution in [-0.2, 0) is 24.2 Å². The van der Waals surface area contributed by atoms with E-state index < -0.39 is 0 Å². The minimum Gasteiger partial charge on any atom is -0.507 e. The van der Waals surface area contributed by atoms with E-state index in [9.17, 15) is 9.90 Å². The van der Waals surface area contributed by atoms with Gasteiger partial charge in [0.15, 0.2) is 0 Å². The minimum atomic E-state index is -0.153. The zero-order valence-electron chi connectivity index (χ0n) is 18.0. The minimum absolute atomic E-state index is 0.0118. The fourth-order valence-corrected chi connectivity index (χ4v) is 4.53. The topological polar surface area (TPSA) is 81.7 Å². The van der Waals surface area contributed by atoms with Gasteiger partial charge in [-0.3, -0.25) is 9.89 Å². The average Bonchev–Trinajstić information content (AvgIpc) is 3.36. The summed E-state index contributed by atoms with van der Waals surface area (Å²) in [6, 6.07) is 9.84. The summed E-state index contributed by atoms with van der Waals surface area (Å²) in [5.74, 6) is 0.288. The largest absolute Gasteiger partial charge is 0.507 e. The van der Waals surface area contributed by atoms with Crippen molar-refractivity contribution in [2.75, 3.05) is 31.2 Å². The molecule has 5 rings (SSSR count). The van der Waals surface area contributed by atoms with Gasteiger partial charge in [-0.15, -0.1) is 0 Å². The van der Waals surface area contributed by atoms with E-state index in [0.717, 1.165) is 54.9 Å². The fraction of sp³-hybridized carbons (Fsp3) is 0.417. The van der Waals surface area contributed by atoms with Gasteiger partial charge in [0.25, 0.3) is 5.91 Å². The van der Waals surface area contributed by atoms with Crippen LogP contribution in [0.3, 0.4) is 0 Å². The fourth-order valence-electron chi connectivity index (χ4n) is 4.53. The van der Waals surface area contributed by atoms with E-state index in [0.29, 0.717) is 24.6 Å². The Morgan fingerprint density at radius 2 is 1.94 bits per heavy atom. The summed E-state index contributed by atoms with van der Waals surface area (Å²) in [4.78, 5) is 17.5. The molecule has 1 saturated heterocycles. The molecule has 1 fully saturated rings. The van der Waals surface area contributed by atoms with Gasteiger partial charge >= 0.3 is 0 Å². The molecule has 1 amide bonds. The van der Waals surface area contributed by atoms with Crippen molar-refractivity contribution in [3.8, 4) is 5.75 Å². The van der Waals surface area contributed by atoms with Gasteiger partial charge in [0.1, 0.15) is 5.75 Å². The Hall–Kier alpha value is -3.06. The highest BCUT2D eigenvalue weighted by molar-refractivity contribution is 6.01. The molecule has 3 aromatic rings. The molecule has 0 radical (unpaired) electrons. The highest BCUT2D eigenvalue weighted by Crippen LogP contribution is 2.32. The standard InChI is InChI=1S/C24H28N4O3/c1-15(2)9-21-19-11-20(23(29)12-22(19)26-25-21)24(30)28-13-16-3-4-18(10-17(16)14-28)27-5-7-31-8-6-27/h3-4,10-12,15,29H,5-9,13-14H2,1-2H3,(H,25,26). The number of anilines is 1. The number of hydrogen-bond donors (Lipinski definition) is 2. The highest BCUT2D eigenvalue weighted by Gasteiger charge is 2.27. The predicted molar refractivity (Wildman–Crippen MR) is 119 cm³/mol. The molecule has 31 heavy (non-hydrogen) atoms. The van der Waals surface area contributed by atoms with Gasteiger partial charge in [-0.2, -0.15) is 5.10 Å². The number of H-pyrrole nitrogens is 1. The first-order valence-corrected chi connectivity index (χ1v) is 10.9. The molecule has 7 nitrogen and oxygen atoms in total. The molecule has 2 aliphatic heterocycles. The van der Waals surface area contributed by atoms with Crippen molar-refractivity contribution in [3.63, 3.8) is 0 Å². The average molecular weight is 421 g/mol. The van der Waals surface area contributed by atoms with Crippen LogP contribution in [0.25, 0.3) is 10.9 Å². The van der Waals surface area contributed by atoms with Crippen molar-refractivity contribution in [1.29, 1.82) is 0 Å². The molecular weight excluding hydrogens is 392 g/mol. The normalized spacial score (nSPS) is 16.4. The number of rotatable bonds is 4. The number of aromatic hydroxyl groups is 1. The van der Waals surface area contributed by atoms with Gasteiger partial charge in [0.2, 0.25) is 0 Å². The molecule has 2 aliphatic rings. The number of hydrogen-bond acceptors (Lipinski definition) is 5. The second kappa shape index (κ2) is 7.89. The van der Waals surface area contributed by atoms with E-state index >= 15 is 0 Å². The van der Waals surface area contributed by atoms with Crippen molar-refractivity contribution in [2.24, 2.45) is 5.92 Å². The summed E-state index contributed by atoms with van der Waals surface area (Å²) in [5.41, 5.74) is 5.53. The van der Waals surface area contributed by atoms with Crippen LogP contribution in [0.2, 0.25) is 0 Å². The first-order chi connectivity index (χ1) is 15.0. The van der Waals surface area contributed by atoms with Crippen molar-refractivity contribution in [1.82, 2.24) is 15.1 Å². The Labute approximate surface area is 181 Å². The Kier molecular flexibility index (Phi) is 5.06. The molecule has 3 heterocycles. The van der Waals surface area contributed by atoms with Crippen molar-refractivity contribution < 1.29 is 14.6 Å². The maximum Gasteiger partial charge on any atom is 0.258 e. The number of amides is 1. The molecule has 7 heteroatoms. The Balaban J connectivity index is 1.39. The molecule has 0 atom stereocenters. The first kappa shape index (κ1) is 19.9. The number of phenolic OH excluding ortho intramolecular Hbond substituents is 1. The molecule has 0 unspecified atom stereocenters. The lowest BCUT2D eigenvalue weighted by atomic mass is 10.0. The Morgan fingerprint density at radius 1 is 1.16 bits per heavy atom. The molecule has 0 saturated carbocycles. The first-order valence-electron chi connectivity index (χ1n) is 10.9. The predicted octanol–water partition coefficient (Wildman–Crippen LogP) is 3.46. The van der Waals surface area contributed by atoms with Gasteiger partial charge in [-0.25, -0.2) is 0 Å². The summed E-state index contributed by atoms with van der Waals surface area (Å²) >= 11 is 0. The number of carbonyl (C=O) groups excluding carboxylic acids is 1. The number of aromatic nitrogens is 2. The monoisotopic (exact) mass is 420 g/mol. The number of ether oxygens (including phenoxy) is 1. The number of fused-ring (bicyclic) bond motifs is 2. The van der Waals surface area contributed by atoms with E-state index in [1.54, 1.807) is 17.0 Å². The summed E-state index contributed by atoms with van der Waals surface area (Å²) in [6.07, 6.45) is 0.817. The summed E-state index contributed by atoms with van der Waals surface area (Å²) in [6.45, 7) is 8.65. The van der Waals surface area contributed by atoms with Crippen molar-refractivity contribution in [2.45, 2.75) is 33.4 Å². The molecule has 0 bridgehead atoms. The van der Waals surface area contributed by atoms with Gasteiger partial charge < -0.3 is 19.6 Å². The number of benzene rings is 2. The van der Waals surface area contributed by atoms with Gasteiger partial charge in [-0.05, 0) is 41.7 Å². The van der Waals surface area contributed by atoms with Gasteiger partial charge in [-0.1, -0.05) is 19.9 Å². The molecule has 0 aliphatic carbocycles. The third-order valence-corrected chi connectivity index (χ3v) is 6.17. The SMILES string of the molecule is CC(C)Cc1n[nH]c2cc(O)c(C(=O)N3Cc4ccc(N5CCOCC5)cc4C3)cc12. The number of nitrogens with zero attached hydrogens (tertiary/aromatic N) is 3. The van der Waals surface area contributed by atoms with E-state index in [1.165, 1.54) is 11.3 Å². The molecular formula is C24H28N4O3. The third kappa shape index (κ3) is 3.74. The molecule has 2 N–H and O–H groups in total. The van der Waals surface area contributed by atoms with Crippen LogP contribution >= 0.6 is 0 Å². The van der Waals surface area contributed by atoms with Crippen LogP contribution < -0.4 is 4.90 Å². The van der Waals surface area contributed by atoms with Crippen LogP contribution in [-0.4, -0.2) is 52.4 Å². The number of aromatic amines is 1. The van der Waals surface area contributed by atoms with E-state index in [1.807, 2.05) is 0 Å². The zero-order chi connectivity index (χ0) is 21.5. The Morgan fingerprint density at radius 3 is 2.71 bits per heavy atom. The van der Waals surface area contributed by atoms with Crippen molar-refractivity contribution in [3.05, 3.63) is 52.7 Å². The van der Waals surface area contributed by atoms with Crippen LogP contribution in [0.15, 0.2) is 30.3 Å². The quantitative estimate of drug-likeness (QED) is 0.676. The Bertz CT molecular complexity index is 1130. The summed E-state index contributed by atoms with van der Waals surface area (Å²) in [7, 11) is 0. The van der Waals surface area contributed by atoms with E-state index in [2.05, 4.69) is 47.1 Å². The summed E-state index contributed by atoms with van der Waals surface area (Å²) in [5, 5.41) is 18.8. The maximum absolute atomic E-state index is 13.3. The van der Waals surface area contributed by atoms with Gasteiger partial charge in [0.05, 0.1) is 30.0 Å². The lowest BCUT2D eigenvalue weighted by molar-refractivity contribution is 0.0748. The number of carbonyl (C=O) groups is 1. The highest BCUT2D eigenvalue weighted by atomic mass is 16.5. The lowest BCUT2D eigenvalue weighted by Crippen LogP contribution is -2.36. The van der Waals surface area contributed by atoms with E-state index in [4.69, 9.17) is 4.74 Å². The summed E-state index contributed by atoms with van der Waals surface area (Å²) < 4.78 is 5.45. The van der Waals surface area contributed by atoms with Crippen LogP contribution in [0.5, 0.6) is 5.75 Å². The maximum atomic E-state index is 13.3. The van der Waals surface area contributed by atoms with E-state index in [-0.39, 0.29) is 11.7 Å². The lowest BCUT2D eigenvalue weighted by Gasteiger charge is -2.29. The second-order valence-corrected chi connectivity index (χ2v) is 8.90. The number of phenols is 1. The third-order valence-electron chi connectivity index (χ3n) is 6.17. The smallest absolute Gasteiger partial charge is 0.258 e. The number of morpholine rings is 1. The molecule has 1 aromatic heterocycles. The van der Waals surface area contributed by atoms with Crippen LogP contribution in [0.1, 0.15) is 41.0 Å². The molecule has 2 aromatic carbocycles. The molecule has 0 spiro atoms.